The van der Waals surface area contributed by atoms with Crippen LogP contribution in [0.25, 0.3) is 0 Å². The molecule has 4 heteroatoms. The van der Waals surface area contributed by atoms with Gasteiger partial charge in [0.1, 0.15) is 0 Å². The quantitative estimate of drug-likeness (QED) is 0.854. The Morgan fingerprint density at radius 3 is 2.32 bits per heavy atom. The number of amides is 1. The molecule has 0 saturated heterocycles. The molecule has 0 saturated carbocycles. The SMILES string of the molecule is Cc1cccc(C)c1NCC(=O)N(C)CC(C)(C)O. The number of nitrogens with zero attached hydrogens (tertiary/aromatic N) is 1. The molecule has 0 bridgehead atoms. The molecule has 1 aromatic carbocycles. The van der Waals surface area contributed by atoms with E-state index in [-0.39, 0.29) is 12.5 Å². The van der Waals surface area contributed by atoms with Gasteiger partial charge in [-0.25, -0.2) is 0 Å². The summed E-state index contributed by atoms with van der Waals surface area (Å²) in [5.74, 6) is -0.0372. The Morgan fingerprint density at radius 1 is 1.32 bits per heavy atom. The number of hydrogen-bond donors (Lipinski definition) is 2. The number of aliphatic hydroxyl groups is 1. The molecule has 0 aliphatic heterocycles. The van der Waals surface area contributed by atoms with Crippen molar-refractivity contribution < 1.29 is 9.90 Å². The monoisotopic (exact) mass is 264 g/mol. The van der Waals surface area contributed by atoms with Crippen LogP contribution >= 0.6 is 0 Å². The van der Waals surface area contributed by atoms with Gasteiger partial charge in [-0.05, 0) is 38.8 Å². The van der Waals surface area contributed by atoms with Crippen LogP contribution in [0.1, 0.15) is 25.0 Å². The molecule has 0 aromatic heterocycles. The van der Waals surface area contributed by atoms with Gasteiger partial charge in [0.2, 0.25) is 5.91 Å². The predicted octanol–water partition coefficient (Wildman–Crippen LogP) is 1.94. The molecule has 106 valence electrons. The second kappa shape index (κ2) is 6.06. The summed E-state index contributed by atoms with van der Waals surface area (Å²) in [6.45, 7) is 7.96. The molecular formula is C15H24N2O2. The number of anilines is 1. The van der Waals surface area contributed by atoms with Gasteiger partial charge in [0.15, 0.2) is 0 Å². The van der Waals surface area contributed by atoms with Crippen molar-refractivity contribution in [2.45, 2.75) is 33.3 Å². The summed E-state index contributed by atoms with van der Waals surface area (Å²) in [5.41, 5.74) is 2.38. The topological polar surface area (TPSA) is 52.6 Å². The van der Waals surface area contributed by atoms with Crippen molar-refractivity contribution in [1.29, 1.82) is 0 Å². The standard InChI is InChI=1S/C15H24N2O2/c1-11-7-6-8-12(2)14(11)16-9-13(18)17(5)10-15(3,4)19/h6-8,16,19H,9-10H2,1-5H3. The molecule has 4 nitrogen and oxygen atoms in total. The zero-order valence-electron chi connectivity index (χ0n) is 12.4. The highest BCUT2D eigenvalue weighted by Gasteiger charge is 2.19. The van der Waals surface area contributed by atoms with Crippen LogP contribution in [0.5, 0.6) is 0 Å². The summed E-state index contributed by atoms with van der Waals surface area (Å²) in [5, 5.41) is 12.9. The zero-order chi connectivity index (χ0) is 14.6. The average molecular weight is 264 g/mol. The first-order valence-corrected chi connectivity index (χ1v) is 6.47. The van der Waals surface area contributed by atoms with Crippen molar-refractivity contribution in [2.75, 3.05) is 25.5 Å². The van der Waals surface area contributed by atoms with Gasteiger partial charge in [0, 0.05) is 19.3 Å². The van der Waals surface area contributed by atoms with Crippen LogP contribution < -0.4 is 5.32 Å². The smallest absolute Gasteiger partial charge is 0.241 e. The first-order chi connectivity index (χ1) is 8.70. The second-order valence-corrected chi connectivity index (χ2v) is 5.68. The second-order valence-electron chi connectivity index (χ2n) is 5.68. The molecular weight excluding hydrogens is 240 g/mol. The summed E-state index contributed by atoms with van der Waals surface area (Å²) in [7, 11) is 1.70. The number of hydrogen-bond acceptors (Lipinski definition) is 3. The highest BCUT2D eigenvalue weighted by atomic mass is 16.3. The normalized spacial score (nSPS) is 11.3. The Kier molecular flexibility index (Phi) is 4.95. The van der Waals surface area contributed by atoms with E-state index in [1.165, 1.54) is 0 Å². The van der Waals surface area contributed by atoms with E-state index in [1.807, 2.05) is 32.0 Å². The third-order valence-corrected chi connectivity index (χ3v) is 2.95. The van der Waals surface area contributed by atoms with Crippen LogP contribution in [0.3, 0.4) is 0 Å². The van der Waals surface area contributed by atoms with Crippen LogP contribution in [0.2, 0.25) is 0 Å². The number of nitrogens with one attached hydrogen (secondary N) is 1. The van der Waals surface area contributed by atoms with Crippen LogP contribution in [-0.2, 0) is 4.79 Å². The number of rotatable bonds is 5. The highest BCUT2D eigenvalue weighted by Crippen LogP contribution is 2.19. The Hall–Kier alpha value is -1.55. The van der Waals surface area contributed by atoms with Gasteiger partial charge in [-0.1, -0.05) is 18.2 Å². The maximum absolute atomic E-state index is 12.0. The Morgan fingerprint density at radius 2 is 1.84 bits per heavy atom. The number of benzene rings is 1. The highest BCUT2D eigenvalue weighted by molar-refractivity contribution is 5.81. The number of aryl methyl sites for hydroxylation is 2. The lowest BCUT2D eigenvalue weighted by molar-refractivity contribution is -0.130. The van der Waals surface area contributed by atoms with Crippen molar-refractivity contribution in [1.82, 2.24) is 4.90 Å². The van der Waals surface area contributed by atoms with Gasteiger partial charge in [0.05, 0.1) is 12.1 Å². The van der Waals surface area contributed by atoms with Gasteiger partial charge >= 0.3 is 0 Å². The first kappa shape index (κ1) is 15.5. The van der Waals surface area contributed by atoms with E-state index < -0.39 is 5.60 Å². The van der Waals surface area contributed by atoms with Crippen molar-refractivity contribution in [2.24, 2.45) is 0 Å². The molecule has 0 heterocycles. The van der Waals surface area contributed by atoms with Crippen LogP contribution in [0, 0.1) is 13.8 Å². The summed E-state index contributed by atoms with van der Waals surface area (Å²) in [4.78, 5) is 13.5. The summed E-state index contributed by atoms with van der Waals surface area (Å²) in [6.07, 6.45) is 0. The minimum absolute atomic E-state index is 0.0372. The average Bonchev–Trinajstić information content (AvgIpc) is 2.25. The molecule has 0 unspecified atom stereocenters. The molecule has 1 rings (SSSR count). The van der Waals surface area contributed by atoms with E-state index in [1.54, 1.807) is 25.8 Å². The van der Waals surface area contributed by atoms with Crippen LogP contribution in [0.15, 0.2) is 18.2 Å². The number of carbonyl (C=O) groups excluding carboxylic acids is 1. The summed E-state index contributed by atoms with van der Waals surface area (Å²) >= 11 is 0. The van der Waals surface area contributed by atoms with Crippen molar-refractivity contribution in [3.63, 3.8) is 0 Å². The molecule has 2 N–H and O–H groups in total. The largest absolute Gasteiger partial charge is 0.389 e. The van der Waals surface area contributed by atoms with E-state index in [2.05, 4.69) is 5.32 Å². The third kappa shape index (κ3) is 4.91. The summed E-state index contributed by atoms with van der Waals surface area (Å²) in [6, 6.07) is 6.03. The van der Waals surface area contributed by atoms with Crippen molar-refractivity contribution in [3.05, 3.63) is 29.3 Å². The molecule has 0 aliphatic rings. The number of para-hydroxylation sites is 1. The number of carbonyl (C=O) groups is 1. The Balaban J connectivity index is 2.60. The van der Waals surface area contributed by atoms with Gasteiger partial charge in [-0.3, -0.25) is 4.79 Å². The van der Waals surface area contributed by atoms with E-state index in [9.17, 15) is 9.90 Å². The Labute approximate surface area is 115 Å². The molecule has 1 aromatic rings. The van der Waals surface area contributed by atoms with Crippen LogP contribution in [0.4, 0.5) is 5.69 Å². The van der Waals surface area contributed by atoms with Crippen molar-refractivity contribution in [3.8, 4) is 0 Å². The Bertz CT molecular complexity index is 430. The first-order valence-electron chi connectivity index (χ1n) is 6.47. The predicted molar refractivity (Wildman–Crippen MR) is 78.3 cm³/mol. The van der Waals surface area contributed by atoms with Gasteiger partial charge < -0.3 is 15.3 Å². The fraction of sp³-hybridized carbons (Fsp3) is 0.533. The molecule has 0 aliphatic carbocycles. The molecule has 19 heavy (non-hydrogen) atoms. The molecule has 0 radical (unpaired) electrons. The lowest BCUT2D eigenvalue weighted by Gasteiger charge is -2.26. The molecule has 0 spiro atoms. The number of likely N-dealkylation sites (N-methyl/N-ethyl adjacent to an activating group) is 1. The molecule has 1 amide bonds. The zero-order valence-corrected chi connectivity index (χ0v) is 12.4. The maximum atomic E-state index is 12.0. The fourth-order valence-electron chi connectivity index (χ4n) is 2.06. The van der Waals surface area contributed by atoms with E-state index in [4.69, 9.17) is 0 Å². The van der Waals surface area contributed by atoms with Gasteiger partial charge in [-0.2, -0.15) is 0 Å². The van der Waals surface area contributed by atoms with Crippen molar-refractivity contribution >= 4 is 11.6 Å². The minimum Gasteiger partial charge on any atom is -0.389 e. The van der Waals surface area contributed by atoms with E-state index >= 15 is 0 Å². The van der Waals surface area contributed by atoms with Gasteiger partial charge in [-0.15, -0.1) is 0 Å². The summed E-state index contributed by atoms with van der Waals surface area (Å²) < 4.78 is 0. The van der Waals surface area contributed by atoms with E-state index in [0.29, 0.717) is 6.54 Å². The fourth-order valence-corrected chi connectivity index (χ4v) is 2.06. The van der Waals surface area contributed by atoms with Gasteiger partial charge in [0.25, 0.3) is 0 Å². The third-order valence-electron chi connectivity index (χ3n) is 2.95. The maximum Gasteiger partial charge on any atom is 0.241 e. The van der Waals surface area contributed by atoms with Crippen LogP contribution in [-0.4, -0.2) is 41.7 Å². The lowest BCUT2D eigenvalue weighted by Crippen LogP contribution is -2.42. The molecule has 0 fully saturated rings. The lowest BCUT2D eigenvalue weighted by atomic mass is 10.1. The molecule has 0 atom stereocenters. The minimum atomic E-state index is -0.872. The van der Waals surface area contributed by atoms with E-state index in [0.717, 1.165) is 16.8 Å².